The van der Waals surface area contributed by atoms with Gasteiger partial charge in [-0.3, -0.25) is 4.79 Å². The standard InChI is InChI=1S/C19H23N3O4S2/c1-26-16-9-7-13(19(23)21-15-8-10-18(27-2)20-12-15)11-17(16)28(24,25)22-14-5-3-4-6-14/h7-12,14,22H,3-6H2,1-2H3,(H,21,23). The Morgan fingerprint density at radius 2 is 1.96 bits per heavy atom. The van der Waals surface area contributed by atoms with Gasteiger partial charge in [0, 0.05) is 11.6 Å². The molecule has 0 spiro atoms. The summed E-state index contributed by atoms with van der Waals surface area (Å²) in [7, 11) is -2.39. The van der Waals surface area contributed by atoms with Gasteiger partial charge in [-0.1, -0.05) is 12.8 Å². The number of rotatable bonds is 7. The lowest BCUT2D eigenvalue weighted by Gasteiger charge is -2.15. The molecule has 1 aromatic carbocycles. The van der Waals surface area contributed by atoms with Crippen LogP contribution in [0, 0.1) is 0 Å². The number of amides is 1. The van der Waals surface area contributed by atoms with Crippen molar-refractivity contribution in [2.24, 2.45) is 0 Å². The Hall–Kier alpha value is -2.10. The molecule has 1 aromatic heterocycles. The molecule has 2 aromatic rings. The minimum absolute atomic E-state index is 0.0367. The topological polar surface area (TPSA) is 97.4 Å². The quantitative estimate of drug-likeness (QED) is 0.666. The van der Waals surface area contributed by atoms with Crippen molar-refractivity contribution >= 4 is 33.4 Å². The number of nitrogens with one attached hydrogen (secondary N) is 2. The summed E-state index contributed by atoms with van der Waals surface area (Å²) < 4.78 is 33.6. The molecule has 150 valence electrons. The van der Waals surface area contributed by atoms with Crippen molar-refractivity contribution in [1.82, 2.24) is 9.71 Å². The third kappa shape index (κ3) is 4.84. The van der Waals surface area contributed by atoms with Gasteiger partial charge in [0.2, 0.25) is 10.0 Å². The molecule has 0 radical (unpaired) electrons. The molecule has 0 saturated heterocycles. The second kappa shape index (κ2) is 8.93. The van der Waals surface area contributed by atoms with Gasteiger partial charge in [-0.05, 0) is 49.4 Å². The molecular formula is C19H23N3O4S2. The third-order valence-corrected chi connectivity index (χ3v) is 6.80. The van der Waals surface area contributed by atoms with Crippen LogP contribution in [-0.4, -0.2) is 38.7 Å². The zero-order valence-corrected chi connectivity index (χ0v) is 17.4. The fourth-order valence-electron chi connectivity index (χ4n) is 3.13. The molecule has 1 aliphatic rings. The highest BCUT2D eigenvalue weighted by molar-refractivity contribution is 7.98. The fraction of sp³-hybridized carbons (Fsp3) is 0.368. The number of benzene rings is 1. The number of hydrogen-bond donors (Lipinski definition) is 2. The molecule has 3 rings (SSSR count). The normalized spacial score (nSPS) is 14.8. The summed E-state index contributed by atoms with van der Waals surface area (Å²) in [5.74, 6) is -0.216. The second-order valence-corrected chi connectivity index (χ2v) is 9.02. The smallest absolute Gasteiger partial charge is 0.255 e. The zero-order chi connectivity index (χ0) is 20.1. The Morgan fingerprint density at radius 1 is 1.21 bits per heavy atom. The first-order valence-electron chi connectivity index (χ1n) is 8.94. The molecule has 0 bridgehead atoms. The number of sulfonamides is 1. The third-order valence-electron chi connectivity index (χ3n) is 4.60. The van der Waals surface area contributed by atoms with Gasteiger partial charge in [0.15, 0.2) is 0 Å². The van der Waals surface area contributed by atoms with Crippen LogP contribution in [0.2, 0.25) is 0 Å². The van der Waals surface area contributed by atoms with Crippen LogP contribution in [0.4, 0.5) is 5.69 Å². The SMILES string of the molecule is COc1ccc(C(=O)Nc2ccc(SC)nc2)cc1S(=O)(=O)NC1CCCC1. The van der Waals surface area contributed by atoms with E-state index in [2.05, 4.69) is 15.0 Å². The van der Waals surface area contributed by atoms with Gasteiger partial charge >= 0.3 is 0 Å². The molecule has 1 saturated carbocycles. The maximum atomic E-state index is 12.8. The van der Waals surface area contributed by atoms with Crippen molar-refractivity contribution in [1.29, 1.82) is 0 Å². The molecule has 0 unspecified atom stereocenters. The number of pyridine rings is 1. The van der Waals surface area contributed by atoms with Crippen LogP contribution in [0.1, 0.15) is 36.0 Å². The lowest BCUT2D eigenvalue weighted by atomic mass is 10.2. The van der Waals surface area contributed by atoms with E-state index in [1.807, 2.05) is 6.26 Å². The maximum absolute atomic E-state index is 12.8. The molecule has 7 nitrogen and oxygen atoms in total. The van der Waals surface area contributed by atoms with Gasteiger partial charge in [-0.25, -0.2) is 18.1 Å². The van der Waals surface area contributed by atoms with Gasteiger partial charge in [0.05, 0.1) is 24.0 Å². The second-order valence-electron chi connectivity index (χ2n) is 6.51. The number of ether oxygens (including phenoxy) is 1. The van der Waals surface area contributed by atoms with Crippen LogP contribution in [0.15, 0.2) is 46.5 Å². The van der Waals surface area contributed by atoms with Crippen molar-refractivity contribution in [2.45, 2.75) is 41.6 Å². The first-order valence-corrected chi connectivity index (χ1v) is 11.7. The van der Waals surface area contributed by atoms with Gasteiger partial charge in [0.1, 0.15) is 10.6 Å². The van der Waals surface area contributed by atoms with E-state index in [0.717, 1.165) is 30.7 Å². The van der Waals surface area contributed by atoms with Crippen LogP contribution >= 0.6 is 11.8 Å². The molecule has 1 heterocycles. The molecular weight excluding hydrogens is 398 g/mol. The fourth-order valence-corrected chi connectivity index (χ4v) is 4.99. The van der Waals surface area contributed by atoms with E-state index in [1.165, 1.54) is 37.1 Å². The summed E-state index contributed by atoms with van der Waals surface area (Å²) in [4.78, 5) is 16.8. The minimum atomic E-state index is -3.79. The number of thioether (sulfide) groups is 1. The number of carbonyl (C=O) groups is 1. The van der Waals surface area contributed by atoms with Gasteiger partial charge < -0.3 is 10.1 Å². The average molecular weight is 422 g/mol. The summed E-state index contributed by atoms with van der Waals surface area (Å²) in [5.41, 5.74) is 0.758. The molecule has 0 aliphatic heterocycles. The number of methoxy groups -OCH3 is 1. The van der Waals surface area contributed by atoms with Crippen LogP contribution in [0.25, 0.3) is 0 Å². The van der Waals surface area contributed by atoms with Crippen molar-refractivity contribution in [3.8, 4) is 5.75 Å². The highest BCUT2D eigenvalue weighted by Crippen LogP contribution is 2.27. The molecule has 0 atom stereocenters. The lowest BCUT2D eigenvalue weighted by molar-refractivity contribution is 0.102. The molecule has 2 N–H and O–H groups in total. The largest absolute Gasteiger partial charge is 0.495 e. The van der Waals surface area contributed by atoms with Crippen molar-refractivity contribution in [3.05, 3.63) is 42.1 Å². The number of anilines is 1. The van der Waals surface area contributed by atoms with E-state index in [-0.39, 0.29) is 22.3 Å². The maximum Gasteiger partial charge on any atom is 0.255 e. The van der Waals surface area contributed by atoms with E-state index in [1.54, 1.807) is 18.3 Å². The summed E-state index contributed by atoms with van der Waals surface area (Å²) in [6.07, 6.45) is 7.14. The number of aromatic nitrogens is 1. The van der Waals surface area contributed by atoms with Gasteiger partial charge in [-0.2, -0.15) is 0 Å². The Kier molecular flexibility index (Phi) is 6.58. The van der Waals surface area contributed by atoms with Crippen LogP contribution < -0.4 is 14.8 Å². The summed E-state index contributed by atoms with van der Waals surface area (Å²) >= 11 is 1.50. The highest BCUT2D eigenvalue weighted by Gasteiger charge is 2.26. The monoisotopic (exact) mass is 421 g/mol. The van der Waals surface area contributed by atoms with E-state index in [0.29, 0.717) is 5.69 Å². The van der Waals surface area contributed by atoms with Gasteiger partial charge in [0.25, 0.3) is 5.91 Å². The first-order chi connectivity index (χ1) is 13.4. The van der Waals surface area contributed by atoms with E-state index in [9.17, 15) is 13.2 Å². The highest BCUT2D eigenvalue weighted by atomic mass is 32.2. The number of hydrogen-bond acceptors (Lipinski definition) is 6. The van der Waals surface area contributed by atoms with Gasteiger partial charge in [-0.15, -0.1) is 11.8 Å². The Morgan fingerprint density at radius 3 is 2.57 bits per heavy atom. The molecule has 9 heteroatoms. The predicted molar refractivity (Wildman–Crippen MR) is 110 cm³/mol. The molecule has 1 fully saturated rings. The van der Waals surface area contributed by atoms with E-state index in [4.69, 9.17) is 4.74 Å². The average Bonchev–Trinajstić information content (AvgIpc) is 3.20. The summed E-state index contributed by atoms with van der Waals surface area (Å²) in [6, 6.07) is 7.84. The number of carbonyl (C=O) groups excluding carboxylic acids is 1. The Labute approximate surface area is 169 Å². The molecule has 28 heavy (non-hydrogen) atoms. The summed E-state index contributed by atoms with van der Waals surface area (Å²) in [6.45, 7) is 0. The van der Waals surface area contributed by atoms with Crippen LogP contribution in [0.3, 0.4) is 0 Å². The molecule has 1 amide bonds. The summed E-state index contributed by atoms with van der Waals surface area (Å²) in [5, 5.41) is 3.57. The Bertz CT molecular complexity index is 940. The zero-order valence-electron chi connectivity index (χ0n) is 15.8. The first kappa shape index (κ1) is 20.6. The number of nitrogens with zero attached hydrogens (tertiary/aromatic N) is 1. The van der Waals surface area contributed by atoms with Crippen molar-refractivity contribution < 1.29 is 17.9 Å². The predicted octanol–water partition coefficient (Wildman–Crippen LogP) is 3.29. The van der Waals surface area contributed by atoms with Crippen molar-refractivity contribution in [3.63, 3.8) is 0 Å². The van der Waals surface area contributed by atoms with E-state index < -0.39 is 15.9 Å². The minimum Gasteiger partial charge on any atom is -0.495 e. The van der Waals surface area contributed by atoms with Crippen LogP contribution in [-0.2, 0) is 10.0 Å². The lowest BCUT2D eigenvalue weighted by Crippen LogP contribution is -2.33. The van der Waals surface area contributed by atoms with Crippen LogP contribution in [0.5, 0.6) is 5.75 Å². The van der Waals surface area contributed by atoms with E-state index >= 15 is 0 Å². The van der Waals surface area contributed by atoms with Crippen molar-refractivity contribution in [2.75, 3.05) is 18.7 Å². The Balaban J connectivity index is 1.83. The molecule has 1 aliphatic carbocycles.